The molecule has 0 bridgehead atoms. The highest BCUT2D eigenvalue weighted by Gasteiger charge is 2.30. The molecule has 1 atom stereocenters. The zero-order valence-corrected chi connectivity index (χ0v) is 23.4. The second kappa shape index (κ2) is 13.1. The summed E-state index contributed by atoms with van der Waals surface area (Å²) < 4.78 is 32.2. The van der Waals surface area contributed by atoms with Gasteiger partial charge in [0.25, 0.3) is 0 Å². The molecule has 0 saturated heterocycles. The molecule has 0 saturated carbocycles. The van der Waals surface area contributed by atoms with Crippen molar-refractivity contribution < 1.29 is 22.7 Å². The first-order chi connectivity index (χ1) is 16.5. The van der Waals surface area contributed by atoms with E-state index in [-0.39, 0.29) is 23.2 Å². The standard InChI is InChI=1S/C24H31BrClN3O5S/c1-5-6-13-27-24(31)17(2)28(15-18-7-9-19(25)10-8-18)23(30)16-29(35(4,32)33)20-11-12-22(34-3)21(26)14-20/h7-12,14,17H,5-6,13,15-16H2,1-4H3,(H,27,31)/t17-/m1/s1. The average molecular weight is 589 g/mol. The van der Waals surface area contributed by atoms with Crippen molar-refractivity contribution in [3.05, 3.63) is 57.5 Å². The number of amides is 2. The summed E-state index contributed by atoms with van der Waals surface area (Å²) in [5, 5.41) is 3.06. The van der Waals surface area contributed by atoms with Crippen molar-refractivity contribution in [2.24, 2.45) is 0 Å². The first kappa shape index (κ1) is 28.9. The van der Waals surface area contributed by atoms with Crippen LogP contribution in [-0.2, 0) is 26.2 Å². The summed E-state index contributed by atoms with van der Waals surface area (Å²) in [5.74, 6) is -0.449. The largest absolute Gasteiger partial charge is 0.495 e. The van der Waals surface area contributed by atoms with Gasteiger partial charge >= 0.3 is 0 Å². The summed E-state index contributed by atoms with van der Waals surface area (Å²) in [4.78, 5) is 27.7. The number of carbonyl (C=O) groups excluding carboxylic acids is 2. The molecule has 2 rings (SSSR count). The lowest BCUT2D eigenvalue weighted by molar-refractivity contribution is -0.139. The number of benzene rings is 2. The van der Waals surface area contributed by atoms with Gasteiger partial charge in [-0.05, 0) is 49.2 Å². The van der Waals surface area contributed by atoms with Crippen LogP contribution in [-0.4, -0.2) is 57.6 Å². The molecule has 2 aromatic rings. The number of nitrogens with one attached hydrogen (secondary N) is 1. The number of rotatable bonds is 12. The molecule has 8 nitrogen and oxygen atoms in total. The number of anilines is 1. The van der Waals surface area contributed by atoms with Gasteiger partial charge in [0.05, 0.1) is 24.1 Å². The van der Waals surface area contributed by atoms with Crippen molar-refractivity contribution in [3.63, 3.8) is 0 Å². The highest BCUT2D eigenvalue weighted by atomic mass is 79.9. The fraction of sp³-hybridized carbons (Fsp3) is 0.417. The minimum atomic E-state index is -3.85. The first-order valence-electron chi connectivity index (χ1n) is 11.1. The number of carbonyl (C=O) groups is 2. The van der Waals surface area contributed by atoms with Crippen LogP contribution in [0.2, 0.25) is 5.02 Å². The molecular formula is C24H31BrClN3O5S. The Kier molecular flexibility index (Phi) is 10.9. The number of unbranched alkanes of at least 4 members (excludes halogenated alkanes) is 1. The van der Waals surface area contributed by atoms with E-state index >= 15 is 0 Å². The number of sulfonamides is 1. The second-order valence-electron chi connectivity index (χ2n) is 8.06. The molecule has 0 unspecified atom stereocenters. The lowest BCUT2D eigenvalue weighted by Crippen LogP contribution is -2.51. The number of hydrogen-bond acceptors (Lipinski definition) is 5. The third-order valence-corrected chi connectivity index (χ3v) is 7.33. The lowest BCUT2D eigenvalue weighted by Gasteiger charge is -2.31. The Morgan fingerprint density at radius 1 is 1.17 bits per heavy atom. The van der Waals surface area contributed by atoms with E-state index in [9.17, 15) is 18.0 Å². The van der Waals surface area contributed by atoms with E-state index in [0.717, 1.165) is 33.4 Å². The molecule has 0 aromatic heterocycles. The molecule has 35 heavy (non-hydrogen) atoms. The maximum Gasteiger partial charge on any atom is 0.244 e. The Hall–Kier alpha value is -2.30. The van der Waals surface area contributed by atoms with Crippen molar-refractivity contribution in [2.45, 2.75) is 39.3 Å². The third kappa shape index (κ3) is 8.40. The molecule has 1 N–H and O–H groups in total. The number of methoxy groups -OCH3 is 1. The van der Waals surface area contributed by atoms with Crippen LogP contribution in [0.25, 0.3) is 0 Å². The first-order valence-corrected chi connectivity index (χ1v) is 14.1. The number of ether oxygens (including phenoxy) is 1. The molecule has 0 spiro atoms. The number of hydrogen-bond donors (Lipinski definition) is 1. The SMILES string of the molecule is CCCCNC(=O)[C@@H](C)N(Cc1ccc(Br)cc1)C(=O)CN(c1ccc(OC)c(Cl)c1)S(C)(=O)=O. The molecule has 0 fully saturated rings. The van der Waals surface area contributed by atoms with Gasteiger partial charge in [0, 0.05) is 17.6 Å². The van der Waals surface area contributed by atoms with E-state index in [2.05, 4.69) is 21.2 Å². The van der Waals surface area contributed by atoms with E-state index in [1.165, 1.54) is 30.2 Å². The summed E-state index contributed by atoms with van der Waals surface area (Å²) in [6.45, 7) is 3.79. The van der Waals surface area contributed by atoms with E-state index in [0.29, 0.717) is 12.3 Å². The molecule has 2 amide bonds. The van der Waals surface area contributed by atoms with Gasteiger partial charge in [0.15, 0.2) is 0 Å². The minimum Gasteiger partial charge on any atom is -0.495 e. The number of nitrogens with zero attached hydrogens (tertiary/aromatic N) is 2. The predicted molar refractivity (Wildman–Crippen MR) is 142 cm³/mol. The van der Waals surface area contributed by atoms with Crippen LogP contribution in [0.5, 0.6) is 5.75 Å². The zero-order valence-electron chi connectivity index (χ0n) is 20.3. The minimum absolute atomic E-state index is 0.134. The molecule has 0 heterocycles. The second-order valence-corrected chi connectivity index (χ2v) is 11.3. The highest BCUT2D eigenvalue weighted by Crippen LogP contribution is 2.30. The summed E-state index contributed by atoms with van der Waals surface area (Å²) in [5.41, 5.74) is 1.02. The molecule has 0 aliphatic carbocycles. The van der Waals surface area contributed by atoms with E-state index in [1.54, 1.807) is 6.92 Å². The molecule has 2 aromatic carbocycles. The smallest absolute Gasteiger partial charge is 0.244 e. The van der Waals surface area contributed by atoms with E-state index in [1.807, 2.05) is 31.2 Å². The lowest BCUT2D eigenvalue weighted by atomic mass is 10.1. The topological polar surface area (TPSA) is 96.0 Å². The molecule has 192 valence electrons. The zero-order chi connectivity index (χ0) is 26.2. The van der Waals surface area contributed by atoms with Crippen LogP contribution < -0.4 is 14.4 Å². The Labute approximate surface area is 220 Å². The van der Waals surface area contributed by atoms with Crippen LogP contribution in [0.15, 0.2) is 46.9 Å². The fourth-order valence-corrected chi connectivity index (χ4v) is 4.69. The van der Waals surface area contributed by atoms with Gasteiger partial charge in [-0.25, -0.2) is 8.42 Å². The van der Waals surface area contributed by atoms with Crippen LogP contribution in [0.4, 0.5) is 5.69 Å². The monoisotopic (exact) mass is 587 g/mol. The summed E-state index contributed by atoms with van der Waals surface area (Å²) in [6.07, 6.45) is 2.75. The Balaban J connectivity index is 2.36. The van der Waals surface area contributed by atoms with Crippen molar-refractivity contribution in [1.29, 1.82) is 0 Å². The van der Waals surface area contributed by atoms with Crippen LogP contribution in [0.1, 0.15) is 32.3 Å². The van der Waals surface area contributed by atoms with Gasteiger partial charge < -0.3 is 15.0 Å². The highest BCUT2D eigenvalue weighted by molar-refractivity contribution is 9.10. The van der Waals surface area contributed by atoms with Crippen molar-refractivity contribution >= 4 is 55.1 Å². The van der Waals surface area contributed by atoms with Crippen LogP contribution >= 0.6 is 27.5 Å². The van der Waals surface area contributed by atoms with Gasteiger partial charge in [-0.3, -0.25) is 13.9 Å². The predicted octanol–water partition coefficient (Wildman–Crippen LogP) is 4.21. The van der Waals surface area contributed by atoms with Crippen LogP contribution in [0.3, 0.4) is 0 Å². The fourth-order valence-electron chi connectivity index (χ4n) is 3.33. The van der Waals surface area contributed by atoms with Gasteiger partial charge in [0.2, 0.25) is 21.8 Å². The third-order valence-electron chi connectivity index (χ3n) is 5.37. The van der Waals surface area contributed by atoms with E-state index in [4.69, 9.17) is 16.3 Å². The van der Waals surface area contributed by atoms with Crippen molar-refractivity contribution in [2.75, 3.05) is 30.8 Å². The van der Waals surface area contributed by atoms with Gasteiger partial charge in [0.1, 0.15) is 18.3 Å². The van der Waals surface area contributed by atoms with Crippen molar-refractivity contribution in [1.82, 2.24) is 10.2 Å². The number of halogens is 2. The maximum atomic E-state index is 13.5. The molecule has 0 aliphatic rings. The Bertz CT molecular complexity index is 1130. The molecule has 11 heteroatoms. The van der Waals surface area contributed by atoms with Gasteiger partial charge in [-0.1, -0.05) is 53.0 Å². The normalized spacial score (nSPS) is 12.1. The van der Waals surface area contributed by atoms with E-state index < -0.39 is 28.5 Å². The summed E-state index contributed by atoms with van der Waals surface area (Å²) in [6, 6.07) is 11.0. The summed E-state index contributed by atoms with van der Waals surface area (Å²) >= 11 is 9.58. The Morgan fingerprint density at radius 3 is 2.37 bits per heavy atom. The van der Waals surface area contributed by atoms with Crippen molar-refractivity contribution in [3.8, 4) is 5.75 Å². The molecule has 0 radical (unpaired) electrons. The quantitative estimate of drug-likeness (QED) is 0.375. The summed E-state index contributed by atoms with van der Waals surface area (Å²) in [7, 11) is -2.40. The molecule has 0 aliphatic heterocycles. The average Bonchev–Trinajstić information content (AvgIpc) is 2.80. The van der Waals surface area contributed by atoms with Gasteiger partial charge in [-0.15, -0.1) is 0 Å². The maximum absolute atomic E-state index is 13.5. The Morgan fingerprint density at radius 2 is 1.83 bits per heavy atom. The molecular weight excluding hydrogens is 558 g/mol. The van der Waals surface area contributed by atoms with Gasteiger partial charge in [-0.2, -0.15) is 0 Å². The van der Waals surface area contributed by atoms with Crippen LogP contribution in [0, 0.1) is 0 Å².